The van der Waals surface area contributed by atoms with Gasteiger partial charge in [0.1, 0.15) is 28.4 Å². The molecule has 2 bridgehead atoms. The number of ether oxygens (including phenoxy) is 4. The summed E-state index contributed by atoms with van der Waals surface area (Å²) in [5, 5.41) is 5.99. The van der Waals surface area contributed by atoms with Gasteiger partial charge >= 0.3 is 17.8 Å². The van der Waals surface area contributed by atoms with E-state index in [1.54, 1.807) is 29.6 Å². The minimum Gasteiger partial charge on any atom is -0.467 e. The summed E-state index contributed by atoms with van der Waals surface area (Å²) < 4.78 is 58.2. The molecule has 21 heteroatoms. The molecule has 3 aromatic heterocycles. The number of aryl methyl sites for hydroxylation is 2. The van der Waals surface area contributed by atoms with Gasteiger partial charge in [-0.1, -0.05) is 82.4 Å². The van der Waals surface area contributed by atoms with Crippen LogP contribution in [0.15, 0.2) is 59.5 Å². The van der Waals surface area contributed by atoms with E-state index in [0.29, 0.717) is 78.7 Å². The molecule has 3 fully saturated rings. The zero-order chi connectivity index (χ0) is 63.5. The second kappa shape index (κ2) is 32.6. The van der Waals surface area contributed by atoms with Crippen molar-refractivity contribution in [3.63, 3.8) is 0 Å². The number of rotatable bonds is 27. The molecular formula is C67H90F2N10O9. The molecule has 9 rings (SSSR count). The zero-order valence-electron chi connectivity index (χ0n) is 52.8. The van der Waals surface area contributed by atoms with Gasteiger partial charge in [0.2, 0.25) is 19.2 Å². The molecule has 3 saturated heterocycles. The van der Waals surface area contributed by atoms with E-state index in [9.17, 15) is 18.8 Å². The van der Waals surface area contributed by atoms with Gasteiger partial charge in [0.05, 0.1) is 53.9 Å². The third kappa shape index (κ3) is 16.6. The number of pyridine rings is 1. The summed E-state index contributed by atoms with van der Waals surface area (Å²) in [5.74, 6) is 1.61. The average molecular weight is 1220 g/mol. The largest absolute Gasteiger partial charge is 0.467 e. The summed E-state index contributed by atoms with van der Waals surface area (Å²) in [6.45, 7) is 19.3. The monoisotopic (exact) mass is 1220 g/mol. The molecule has 6 aromatic rings. The van der Waals surface area contributed by atoms with E-state index in [-0.39, 0.29) is 58.8 Å². The molecule has 0 spiro atoms. The number of likely N-dealkylation sites (N-methyl/N-ethyl adjacent to an activating group) is 1. The standard InChI is InChI=1S/C34H58N4O4.C31H29F2N5O3.C2H3NO2/c1-6-14-27(4)38-32-17-13-16-28(33(32)36(5)34(38)40)15-11-9-10-12-23-42-31(20-22-35-26-39)21-24-41-25-30-19-18-29(7-2)37(30)8-3;1-6-20-23(32)13-10-17-8-7-9-21(24(17)20)26-25(33)27-22(14-34-26)28(36-29(35-27)40-5)37-15-18-11-12-19(16-37)38(18)30(39)41-31(2,3)4;4-1-3-2-5/h13,16-17,26-27,29-31H,6-12,14-15,18-25H2,1-5H3,(H,35,39);1,7-10,13-14,18-19H,11-12,15-16H2,2-5H3;1-2H,(H,3,4,5). The van der Waals surface area contributed by atoms with Gasteiger partial charge in [-0.3, -0.25) is 38.3 Å². The molecule has 3 aliphatic heterocycles. The fourth-order valence-electron chi connectivity index (χ4n) is 12.9. The number of hydrogen-bond acceptors (Lipinski definition) is 14. The van der Waals surface area contributed by atoms with E-state index < -0.39 is 17.2 Å². The molecule has 0 aliphatic carbocycles. The molecule has 4 amide bonds. The smallest absolute Gasteiger partial charge is 0.410 e. The summed E-state index contributed by atoms with van der Waals surface area (Å²) >= 11 is 0. The van der Waals surface area contributed by atoms with Gasteiger partial charge in [-0.15, -0.1) is 6.42 Å². The lowest BCUT2D eigenvalue weighted by molar-refractivity contribution is -0.117. The molecule has 6 atom stereocenters. The molecule has 0 radical (unpaired) electrons. The van der Waals surface area contributed by atoms with Gasteiger partial charge in [0.25, 0.3) is 0 Å². The first-order chi connectivity index (χ1) is 42.5. The van der Waals surface area contributed by atoms with Crippen molar-refractivity contribution in [2.24, 2.45) is 7.05 Å². The maximum absolute atomic E-state index is 16.3. The van der Waals surface area contributed by atoms with Crippen LogP contribution in [0.4, 0.5) is 19.4 Å². The molecule has 0 saturated carbocycles. The van der Waals surface area contributed by atoms with Gasteiger partial charge in [-0.05, 0) is 128 Å². The Balaban J connectivity index is 0.000000233. The summed E-state index contributed by atoms with van der Waals surface area (Å²) in [5.41, 5.74) is 3.32. The number of para-hydroxylation sites is 1. The molecule has 3 aromatic carbocycles. The number of methoxy groups -OCH3 is 1. The number of halogens is 2. The number of unbranched alkanes of at least 4 members (excludes halogenated alkanes) is 3. The average Bonchev–Trinajstić information content (AvgIpc) is 4.37. The predicted octanol–water partition coefficient (Wildman–Crippen LogP) is 10.6. The SMILES string of the molecule is C#Cc1c(F)ccc2cccc(-c3ncc4c(N5CC6CCC(C5)N6C(=O)OC(C)(C)C)nc(OC)nc4c3F)c12.CCCC(C)n1c(=O)n(C)c2c(CCCCCCOC(CCNC=O)CCOCC3CCC(CC)N3CC)cccc21.O=CNC=O. The molecule has 476 valence electrons. The number of imide groups is 1. The Morgan fingerprint density at radius 1 is 0.886 bits per heavy atom. The van der Waals surface area contributed by atoms with Gasteiger partial charge < -0.3 is 34.5 Å². The van der Waals surface area contributed by atoms with Gasteiger partial charge in [0.15, 0.2) is 5.82 Å². The minimum absolute atomic E-state index is 0.00116. The number of nitrogens with zero attached hydrogens (tertiary/aromatic N) is 8. The summed E-state index contributed by atoms with van der Waals surface area (Å²) in [6, 6.07) is 15.7. The van der Waals surface area contributed by atoms with Crippen LogP contribution in [0.2, 0.25) is 0 Å². The summed E-state index contributed by atoms with van der Waals surface area (Å²) in [6.07, 6.45) is 22.8. The second-order valence-electron chi connectivity index (χ2n) is 23.9. The van der Waals surface area contributed by atoms with Crippen molar-refractivity contribution in [3.05, 3.63) is 88.0 Å². The zero-order valence-corrected chi connectivity index (χ0v) is 52.8. The first-order valence-corrected chi connectivity index (χ1v) is 31.3. The van der Waals surface area contributed by atoms with Crippen molar-refractivity contribution >= 4 is 63.9 Å². The number of carbonyl (C=O) groups excluding carboxylic acids is 4. The van der Waals surface area contributed by atoms with Crippen LogP contribution in [-0.2, 0) is 42.1 Å². The van der Waals surface area contributed by atoms with E-state index in [1.807, 2.05) is 46.8 Å². The predicted molar refractivity (Wildman–Crippen MR) is 339 cm³/mol. The minimum atomic E-state index is -0.695. The Bertz CT molecular complexity index is 3400. The van der Waals surface area contributed by atoms with Crippen LogP contribution in [0.3, 0.4) is 0 Å². The van der Waals surface area contributed by atoms with Crippen molar-refractivity contribution in [2.75, 3.05) is 58.0 Å². The maximum Gasteiger partial charge on any atom is 0.410 e. The number of nitrogens with one attached hydrogen (secondary N) is 2. The number of anilines is 1. The highest BCUT2D eigenvalue weighted by atomic mass is 19.1. The fraction of sp³-hybridized carbons (Fsp3) is 0.552. The van der Waals surface area contributed by atoms with E-state index in [0.717, 1.165) is 108 Å². The Kier molecular flexibility index (Phi) is 25.2. The fourth-order valence-corrected chi connectivity index (χ4v) is 12.9. The van der Waals surface area contributed by atoms with E-state index in [4.69, 9.17) is 35.0 Å². The summed E-state index contributed by atoms with van der Waals surface area (Å²) in [4.78, 5) is 74.7. The number of imidazole rings is 1. The normalized spacial score (nSPS) is 18.0. The third-order valence-corrected chi connectivity index (χ3v) is 17.0. The van der Waals surface area contributed by atoms with Crippen LogP contribution in [0.25, 0.3) is 44.0 Å². The molecular weight excluding hydrogens is 1130 g/mol. The van der Waals surface area contributed by atoms with Gasteiger partial charge in [-0.25, -0.2) is 18.4 Å². The lowest BCUT2D eigenvalue weighted by atomic mass is 9.96. The van der Waals surface area contributed by atoms with Crippen LogP contribution in [0, 0.1) is 24.0 Å². The second-order valence-corrected chi connectivity index (χ2v) is 23.9. The summed E-state index contributed by atoms with van der Waals surface area (Å²) in [7, 11) is 3.32. The number of benzene rings is 3. The Morgan fingerprint density at radius 2 is 1.61 bits per heavy atom. The lowest BCUT2D eigenvalue weighted by Gasteiger charge is -2.42. The van der Waals surface area contributed by atoms with Crippen LogP contribution in [0.1, 0.15) is 149 Å². The highest BCUT2D eigenvalue weighted by molar-refractivity contribution is 6.02. The number of fused-ring (bicyclic) bond motifs is 5. The number of piperazine rings is 1. The van der Waals surface area contributed by atoms with Crippen molar-refractivity contribution in [2.45, 2.75) is 180 Å². The molecule has 3 aliphatic rings. The number of aromatic nitrogens is 5. The number of carbonyl (C=O) groups is 4. The van der Waals surface area contributed by atoms with E-state index >= 15 is 4.39 Å². The highest BCUT2D eigenvalue weighted by Crippen LogP contribution is 2.40. The van der Waals surface area contributed by atoms with Crippen molar-refractivity contribution in [3.8, 4) is 29.6 Å². The molecule has 2 N–H and O–H groups in total. The highest BCUT2D eigenvalue weighted by Gasteiger charge is 2.45. The van der Waals surface area contributed by atoms with Crippen molar-refractivity contribution < 1.29 is 46.9 Å². The first-order valence-electron chi connectivity index (χ1n) is 31.3. The van der Waals surface area contributed by atoms with Crippen LogP contribution < -0.4 is 26.0 Å². The van der Waals surface area contributed by atoms with Crippen LogP contribution in [0.5, 0.6) is 6.01 Å². The number of terminal acetylenes is 1. The van der Waals surface area contributed by atoms with Crippen molar-refractivity contribution in [1.82, 2.24) is 44.5 Å². The number of hydrogen-bond donors (Lipinski definition) is 2. The number of likely N-dealkylation sites (tertiary alicyclic amines) is 1. The van der Waals surface area contributed by atoms with Gasteiger partial charge in [0, 0.05) is 75.2 Å². The van der Waals surface area contributed by atoms with Crippen molar-refractivity contribution in [1.29, 1.82) is 0 Å². The van der Waals surface area contributed by atoms with Crippen LogP contribution >= 0.6 is 0 Å². The van der Waals surface area contributed by atoms with Gasteiger partial charge in [-0.2, -0.15) is 9.97 Å². The number of amides is 4. The molecule has 88 heavy (non-hydrogen) atoms. The maximum atomic E-state index is 16.3. The Labute approximate surface area is 516 Å². The van der Waals surface area contributed by atoms with E-state index in [2.05, 4.69) is 77.0 Å². The lowest BCUT2D eigenvalue weighted by Crippen LogP contribution is -2.57. The molecule has 19 nitrogen and oxygen atoms in total. The Hall–Kier alpha value is -7.54. The first kappa shape index (κ1) is 68.0. The van der Waals surface area contributed by atoms with E-state index in [1.165, 1.54) is 44.2 Å². The topological polar surface area (TPSA) is 205 Å². The van der Waals surface area contributed by atoms with Crippen LogP contribution in [-0.4, -0.2) is 148 Å². The Morgan fingerprint density at radius 3 is 2.27 bits per heavy atom. The molecule has 6 heterocycles. The quantitative estimate of drug-likeness (QED) is 0.0280. The third-order valence-electron chi connectivity index (χ3n) is 17.0. The molecule has 6 unspecified atom stereocenters.